The Morgan fingerprint density at radius 3 is 2.30 bits per heavy atom. The first-order chi connectivity index (χ1) is 14.7. The SMILES string of the molecule is COc1ccc(C=CCNC(=O)OCC2c3ccccc3-c3ccccc32)cc1C. The molecule has 0 bridgehead atoms. The molecule has 1 amide bonds. The zero-order valence-electron chi connectivity index (χ0n) is 17.2. The monoisotopic (exact) mass is 399 g/mol. The molecular formula is C26H25NO3. The summed E-state index contributed by atoms with van der Waals surface area (Å²) in [7, 11) is 1.66. The fourth-order valence-electron chi connectivity index (χ4n) is 3.99. The van der Waals surface area contributed by atoms with Crippen LogP contribution in [0.15, 0.2) is 72.8 Å². The second-order valence-corrected chi connectivity index (χ2v) is 7.34. The third-order valence-corrected chi connectivity index (χ3v) is 5.44. The number of amides is 1. The van der Waals surface area contributed by atoms with E-state index in [0.29, 0.717) is 13.2 Å². The highest BCUT2D eigenvalue weighted by Crippen LogP contribution is 2.44. The van der Waals surface area contributed by atoms with Crippen LogP contribution in [0.1, 0.15) is 28.2 Å². The Hall–Kier alpha value is -3.53. The molecule has 0 fully saturated rings. The largest absolute Gasteiger partial charge is 0.496 e. The second-order valence-electron chi connectivity index (χ2n) is 7.34. The van der Waals surface area contributed by atoms with Crippen LogP contribution in [0.3, 0.4) is 0 Å². The molecule has 0 saturated heterocycles. The number of rotatable bonds is 6. The number of aryl methyl sites for hydroxylation is 1. The molecule has 4 nitrogen and oxygen atoms in total. The zero-order valence-corrected chi connectivity index (χ0v) is 17.2. The van der Waals surface area contributed by atoms with Crippen LogP contribution in [0.5, 0.6) is 5.75 Å². The van der Waals surface area contributed by atoms with Crippen LogP contribution < -0.4 is 10.1 Å². The molecule has 3 aromatic rings. The molecule has 0 spiro atoms. The molecule has 4 heteroatoms. The lowest BCUT2D eigenvalue weighted by molar-refractivity contribution is 0.144. The van der Waals surface area contributed by atoms with Gasteiger partial charge in [0.15, 0.2) is 0 Å². The predicted octanol–water partition coefficient (Wildman–Crippen LogP) is 5.56. The van der Waals surface area contributed by atoms with Crippen molar-refractivity contribution < 1.29 is 14.3 Å². The highest BCUT2D eigenvalue weighted by Gasteiger charge is 2.28. The molecule has 1 N–H and O–H groups in total. The minimum absolute atomic E-state index is 0.0703. The van der Waals surface area contributed by atoms with Crippen molar-refractivity contribution in [3.05, 3.63) is 95.1 Å². The predicted molar refractivity (Wildman–Crippen MR) is 120 cm³/mol. The molecule has 0 saturated carbocycles. The molecule has 0 heterocycles. The molecule has 3 aromatic carbocycles. The molecule has 4 rings (SSSR count). The van der Waals surface area contributed by atoms with Gasteiger partial charge in [-0.25, -0.2) is 4.79 Å². The van der Waals surface area contributed by atoms with Crippen LogP contribution in [0.2, 0.25) is 0 Å². The van der Waals surface area contributed by atoms with Gasteiger partial charge in [0, 0.05) is 12.5 Å². The average molecular weight is 399 g/mol. The van der Waals surface area contributed by atoms with Gasteiger partial charge in [-0.2, -0.15) is 0 Å². The van der Waals surface area contributed by atoms with E-state index >= 15 is 0 Å². The molecule has 0 aromatic heterocycles. The van der Waals surface area contributed by atoms with E-state index in [2.05, 4.69) is 29.6 Å². The topological polar surface area (TPSA) is 47.6 Å². The number of nitrogens with one attached hydrogen (secondary N) is 1. The fourth-order valence-corrected chi connectivity index (χ4v) is 3.99. The quantitative estimate of drug-likeness (QED) is 0.591. The van der Waals surface area contributed by atoms with Gasteiger partial charge in [0.25, 0.3) is 0 Å². The Balaban J connectivity index is 1.32. The van der Waals surface area contributed by atoms with Gasteiger partial charge in [0.05, 0.1) is 7.11 Å². The van der Waals surface area contributed by atoms with Gasteiger partial charge in [-0.3, -0.25) is 0 Å². The van der Waals surface area contributed by atoms with Gasteiger partial charge in [-0.05, 0) is 52.4 Å². The fraction of sp³-hybridized carbons (Fsp3) is 0.192. The van der Waals surface area contributed by atoms with Crippen molar-refractivity contribution in [2.24, 2.45) is 0 Å². The number of fused-ring (bicyclic) bond motifs is 3. The van der Waals surface area contributed by atoms with E-state index < -0.39 is 6.09 Å². The summed E-state index contributed by atoms with van der Waals surface area (Å²) in [5.74, 6) is 0.935. The first-order valence-corrected chi connectivity index (χ1v) is 10.1. The van der Waals surface area contributed by atoms with E-state index in [1.165, 1.54) is 22.3 Å². The van der Waals surface area contributed by atoms with E-state index in [1.807, 2.05) is 61.5 Å². The Morgan fingerprint density at radius 2 is 1.67 bits per heavy atom. The number of hydrogen-bond donors (Lipinski definition) is 1. The number of alkyl carbamates (subject to hydrolysis) is 1. The Morgan fingerprint density at radius 1 is 1.00 bits per heavy atom. The maximum absolute atomic E-state index is 12.2. The van der Waals surface area contributed by atoms with Crippen molar-refractivity contribution in [2.45, 2.75) is 12.8 Å². The van der Waals surface area contributed by atoms with Crippen molar-refractivity contribution in [1.29, 1.82) is 0 Å². The Bertz CT molecular complexity index is 1040. The van der Waals surface area contributed by atoms with Crippen LogP contribution in [0, 0.1) is 6.92 Å². The Labute approximate surface area is 177 Å². The molecular weight excluding hydrogens is 374 g/mol. The molecule has 0 aliphatic heterocycles. The summed E-state index contributed by atoms with van der Waals surface area (Å²) in [5.41, 5.74) is 6.99. The van der Waals surface area contributed by atoms with Gasteiger partial charge in [-0.1, -0.05) is 66.7 Å². The molecule has 152 valence electrons. The normalized spacial score (nSPS) is 12.5. The highest BCUT2D eigenvalue weighted by atomic mass is 16.5. The highest BCUT2D eigenvalue weighted by molar-refractivity contribution is 5.79. The maximum atomic E-state index is 12.2. The Kier molecular flexibility index (Phi) is 5.84. The third-order valence-electron chi connectivity index (χ3n) is 5.44. The van der Waals surface area contributed by atoms with E-state index in [9.17, 15) is 4.79 Å². The number of hydrogen-bond acceptors (Lipinski definition) is 3. The summed E-state index contributed by atoms with van der Waals surface area (Å²) >= 11 is 0. The lowest BCUT2D eigenvalue weighted by Gasteiger charge is -2.14. The van der Waals surface area contributed by atoms with Crippen LogP contribution >= 0.6 is 0 Å². The summed E-state index contributed by atoms with van der Waals surface area (Å²) in [5, 5.41) is 2.79. The van der Waals surface area contributed by atoms with Crippen LogP contribution in [-0.4, -0.2) is 26.4 Å². The van der Waals surface area contributed by atoms with Crippen LogP contribution in [0.4, 0.5) is 4.79 Å². The standard InChI is InChI=1S/C26H25NO3/c1-18-16-19(13-14-25(18)29-2)8-7-15-27-26(28)30-17-24-22-11-5-3-9-20(22)21-10-4-6-12-23(21)24/h3-14,16,24H,15,17H2,1-2H3,(H,27,28). The van der Waals surface area contributed by atoms with Crippen molar-refractivity contribution in [1.82, 2.24) is 5.32 Å². The van der Waals surface area contributed by atoms with Crippen molar-refractivity contribution in [3.63, 3.8) is 0 Å². The molecule has 0 radical (unpaired) electrons. The molecule has 0 atom stereocenters. The van der Waals surface area contributed by atoms with Crippen molar-refractivity contribution in [2.75, 3.05) is 20.3 Å². The minimum atomic E-state index is -0.410. The summed E-state index contributed by atoms with van der Waals surface area (Å²) in [6, 6.07) is 22.6. The lowest BCUT2D eigenvalue weighted by atomic mass is 9.98. The van der Waals surface area contributed by atoms with Crippen molar-refractivity contribution >= 4 is 12.2 Å². The van der Waals surface area contributed by atoms with Crippen LogP contribution in [-0.2, 0) is 4.74 Å². The molecule has 1 aliphatic rings. The summed E-state index contributed by atoms with van der Waals surface area (Å²) in [4.78, 5) is 12.2. The second kappa shape index (κ2) is 8.87. The first kappa shape index (κ1) is 19.8. The van der Waals surface area contributed by atoms with Crippen LogP contribution in [0.25, 0.3) is 17.2 Å². The first-order valence-electron chi connectivity index (χ1n) is 10.1. The molecule has 0 unspecified atom stereocenters. The minimum Gasteiger partial charge on any atom is -0.496 e. The smallest absolute Gasteiger partial charge is 0.407 e. The third kappa shape index (κ3) is 4.08. The lowest BCUT2D eigenvalue weighted by Crippen LogP contribution is -2.26. The number of carbonyl (C=O) groups is 1. The van der Waals surface area contributed by atoms with E-state index in [4.69, 9.17) is 9.47 Å². The summed E-state index contributed by atoms with van der Waals surface area (Å²) in [6.07, 6.45) is 3.46. The molecule has 30 heavy (non-hydrogen) atoms. The number of methoxy groups -OCH3 is 1. The summed E-state index contributed by atoms with van der Waals surface area (Å²) in [6.45, 7) is 2.73. The van der Waals surface area contributed by atoms with Gasteiger partial charge in [-0.15, -0.1) is 0 Å². The van der Waals surface area contributed by atoms with E-state index in [1.54, 1.807) is 7.11 Å². The summed E-state index contributed by atoms with van der Waals surface area (Å²) < 4.78 is 10.8. The number of carbonyl (C=O) groups excluding carboxylic acids is 1. The van der Waals surface area contributed by atoms with Gasteiger partial charge in [0.1, 0.15) is 12.4 Å². The van der Waals surface area contributed by atoms with Gasteiger partial charge >= 0.3 is 6.09 Å². The van der Waals surface area contributed by atoms with Gasteiger partial charge < -0.3 is 14.8 Å². The average Bonchev–Trinajstić information content (AvgIpc) is 3.09. The van der Waals surface area contributed by atoms with E-state index in [-0.39, 0.29) is 5.92 Å². The maximum Gasteiger partial charge on any atom is 0.407 e. The van der Waals surface area contributed by atoms with Gasteiger partial charge in [0.2, 0.25) is 0 Å². The van der Waals surface area contributed by atoms with E-state index in [0.717, 1.165) is 16.9 Å². The molecule has 1 aliphatic carbocycles. The van der Waals surface area contributed by atoms with Crippen molar-refractivity contribution in [3.8, 4) is 16.9 Å². The number of benzene rings is 3. The number of ether oxygens (including phenoxy) is 2. The zero-order chi connectivity index (χ0) is 20.9.